The normalized spacial score (nSPS) is 20.0. The molecular formula is C20H31ClN2O. The maximum absolute atomic E-state index is 13.4. The van der Waals surface area contributed by atoms with Crippen molar-refractivity contribution in [3.63, 3.8) is 0 Å². The lowest BCUT2D eigenvalue weighted by Gasteiger charge is -2.43. The summed E-state index contributed by atoms with van der Waals surface area (Å²) in [5, 5.41) is 3.50. The quantitative estimate of drug-likeness (QED) is 0.896. The lowest BCUT2D eigenvalue weighted by Crippen LogP contribution is -2.51. The molecular weight excluding hydrogens is 320 g/mol. The number of nitrogens with zero attached hydrogens (tertiary/aromatic N) is 1. The van der Waals surface area contributed by atoms with Crippen LogP contribution in [0.5, 0.6) is 0 Å². The van der Waals surface area contributed by atoms with E-state index >= 15 is 0 Å². The molecule has 2 aliphatic heterocycles. The second kappa shape index (κ2) is 7.88. The Bertz CT molecular complexity index is 526. The molecule has 0 bridgehead atoms. The molecule has 1 aromatic rings. The average Bonchev–Trinajstić information content (AvgIpc) is 3.06. The molecule has 1 aromatic carbocycles. The summed E-state index contributed by atoms with van der Waals surface area (Å²) >= 11 is 0. The molecule has 2 fully saturated rings. The van der Waals surface area contributed by atoms with Gasteiger partial charge in [0.25, 0.3) is 0 Å². The van der Waals surface area contributed by atoms with Crippen molar-refractivity contribution in [2.45, 2.75) is 51.4 Å². The highest BCUT2D eigenvalue weighted by Gasteiger charge is 2.43. The van der Waals surface area contributed by atoms with E-state index in [1.807, 2.05) is 6.07 Å². The van der Waals surface area contributed by atoms with Crippen molar-refractivity contribution in [2.24, 2.45) is 5.41 Å². The molecule has 3 rings (SSSR count). The van der Waals surface area contributed by atoms with Crippen LogP contribution in [0.25, 0.3) is 0 Å². The Morgan fingerprint density at radius 3 is 2.25 bits per heavy atom. The van der Waals surface area contributed by atoms with Crippen molar-refractivity contribution in [1.29, 1.82) is 0 Å². The van der Waals surface area contributed by atoms with E-state index in [9.17, 15) is 4.79 Å². The van der Waals surface area contributed by atoms with Gasteiger partial charge in [-0.2, -0.15) is 0 Å². The van der Waals surface area contributed by atoms with Gasteiger partial charge in [-0.3, -0.25) is 4.79 Å². The van der Waals surface area contributed by atoms with Gasteiger partial charge in [0.15, 0.2) is 0 Å². The van der Waals surface area contributed by atoms with E-state index < -0.39 is 0 Å². The zero-order valence-electron chi connectivity index (χ0n) is 15.0. The van der Waals surface area contributed by atoms with Crippen LogP contribution in [-0.4, -0.2) is 37.0 Å². The number of rotatable bonds is 4. The Labute approximate surface area is 152 Å². The van der Waals surface area contributed by atoms with Gasteiger partial charge < -0.3 is 10.2 Å². The number of carbonyl (C=O) groups is 1. The molecule has 0 radical (unpaired) electrons. The summed E-state index contributed by atoms with van der Waals surface area (Å²) in [4.78, 5) is 15.5. The number of carbonyl (C=O) groups excluding carboxylic acids is 1. The van der Waals surface area contributed by atoms with E-state index in [1.165, 1.54) is 12.0 Å². The fourth-order valence-electron chi connectivity index (χ4n) is 4.55. The minimum Gasteiger partial charge on any atom is -0.342 e. The Morgan fingerprint density at radius 2 is 1.75 bits per heavy atom. The number of piperidine rings is 1. The number of halogens is 1. The van der Waals surface area contributed by atoms with E-state index in [0.29, 0.717) is 11.3 Å². The van der Waals surface area contributed by atoms with Gasteiger partial charge in [0, 0.05) is 19.6 Å². The van der Waals surface area contributed by atoms with E-state index in [2.05, 4.69) is 48.3 Å². The van der Waals surface area contributed by atoms with Gasteiger partial charge in [-0.15, -0.1) is 12.4 Å². The van der Waals surface area contributed by atoms with E-state index in [-0.39, 0.29) is 17.8 Å². The zero-order chi connectivity index (χ0) is 16.3. The molecule has 2 saturated heterocycles. The monoisotopic (exact) mass is 350 g/mol. The van der Waals surface area contributed by atoms with Crippen molar-refractivity contribution in [3.05, 3.63) is 35.9 Å². The molecule has 1 spiro atoms. The van der Waals surface area contributed by atoms with Crippen molar-refractivity contribution >= 4 is 18.3 Å². The topological polar surface area (TPSA) is 32.3 Å². The lowest BCUT2D eigenvalue weighted by molar-refractivity contribution is -0.140. The molecule has 1 amide bonds. The smallest absolute Gasteiger partial charge is 0.233 e. The molecule has 0 atom stereocenters. The first kappa shape index (κ1) is 19.3. The Morgan fingerprint density at radius 1 is 1.12 bits per heavy atom. The molecule has 2 heterocycles. The first-order chi connectivity index (χ1) is 11.2. The van der Waals surface area contributed by atoms with E-state index in [4.69, 9.17) is 0 Å². The van der Waals surface area contributed by atoms with Crippen LogP contribution >= 0.6 is 12.4 Å². The third-order valence-corrected chi connectivity index (χ3v) is 6.39. The standard InChI is InChI=1S/C20H30N2O.ClH/c1-3-20(4-2,17-8-6-5-7-9-17)18(23)22-14-11-19(12-15-22)10-13-21-16-19;/h5-9,21H,3-4,10-16H2,1-2H3;1H. The van der Waals surface area contributed by atoms with Gasteiger partial charge in [-0.05, 0) is 49.6 Å². The van der Waals surface area contributed by atoms with Crippen LogP contribution in [0.4, 0.5) is 0 Å². The second-order valence-corrected chi connectivity index (χ2v) is 7.37. The second-order valence-electron chi connectivity index (χ2n) is 7.37. The van der Waals surface area contributed by atoms with Gasteiger partial charge in [-0.25, -0.2) is 0 Å². The Hall–Kier alpha value is -1.06. The van der Waals surface area contributed by atoms with E-state index in [0.717, 1.165) is 51.9 Å². The fourth-order valence-corrected chi connectivity index (χ4v) is 4.55. The molecule has 0 aromatic heterocycles. The zero-order valence-corrected chi connectivity index (χ0v) is 15.8. The van der Waals surface area contributed by atoms with Crippen LogP contribution in [0.3, 0.4) is 0 Å². The summed E-state index contributed by atoms with van der Waals surface area (Å²) in [6, 6.07) is 10.4. The summed E-state index contributed by atoms with van der Waals surface area (Å²) in [6.45, 7) is 8.44. The summed E-state index contributed by atoms with van der Waals surface area (Å²) < 4.78 is 0. The SMILES string of the molecule is CCC(CC)(C(=O)N1CCC2(CCNC2)CC1)c1ccccc1.Cl. The minimum absolute atomic E-state index is 0. The number of amides is 1. The van der Waals surface area contributed by atoms with Crippen LogP contribution in [-0.2, 0) is 10.2 Å². The third kappa shape index (κ3) is 3.34. The molecule has 1 N–H and O–H groups in total. The summed E-state index contributed by atoms with van der Waals surface area (Å²) in [7, 11) is 0. The number of benzene rings is 1. The molecule has 3 nitrogen and oxygen atoms in total. The maximum atomic E-state index is 13.4. The predicted octanol–water partition coefficient (Wildman–Crippen LogP) is 3.77. The van der Waals surface area contributed by atoms with Gasteiger partial charge >= 0.3 is 0 Å². The largest absolute Gasteiger partial charge is 0.342 e. The first-order valence-corrected chi connectivity index (χ1v) is 9.21. The number of likely N-dealkylation sites (tertiary alicyclic amines) is 1. The van der Waals surface area contributed by atoms with Crippen molar-refractivity contribution in [3.8, 4) is 0 Å². The average molecular weight is 351 g/mol. The number of hydrogen-bond acceptors (Lipinski definition) is 2. The van der Waals surface area contributed by atoms with Crippen LogP contribution in [0.15, 0.2) is 30.3 Å². The van der Waals surface area contributed by atoms with Crippen molar-refractivity contribution in [2.75, 3.05) is 26.2 Å². The molecule has 134 valence electrons. The lowest BCUT2D eigenvalue weighted by atomic mass is 9.73. The van der Waals surface area contributed by atoms with Gasteiger partial charge in [0.1, 0.15) is 0 Å². The minimum atomic E-state index is -0.348. The van der Waals surface area contributed by atoms with Crippen LogP contribution < -0.4 is 5.32 Å². The number of nitrogens with one attached hydrogen (secondary N) is 1. The van der Waals surface area contributed by atoms with Crippen molar-refractivity contribution in [1.82, 2.24) is 10.2 Å². The molecule has 24 heavy (non-hydrogen) atoms. The summed E-state index contributed by atoms with van der Waals surface area (Å²) in [6.07, 6.45) is 5.33. The predicted molar refractivity (Wildman–Crippen MR) is 102 cm³/mol. The molecule has 0 aliphatic carbocycles. The van der Waals surface area contributed by atoms with Gasteiger partial charge in [0.2, 0.25) is 5.91 Å². The maximum Gasteiger partial charge on any atom is 0.233 e. The number of hydrogen-bond donors (Lipinski definition) is 1. The highest BCUT2D eigenvalue weighted by molar-refractivity contribution is 5.88. The highest BCUT2D eigenvalue weighted by Crippen LogP contribution is 2.40. The van der Waals surface area contributed by atoms with E-state index in [1.54, 1.807) is 0 Å². The van der Waals surface area contributed by atoms with Gasteiger partial charge in [-0.1, -0.05) is 44.2 Å². The third-order valence-electron chi connectivity index (χ3n) is 6.39. The van der Waals surface area contributed by atoms with Crippen LogP contribution in [0, 0.1) is 5.41 Å². The summed E-state index contributed by atoms with van der Waals surface area (Å²) in [5.41, 5.74) is 1.29. The van der Waals surface area contributed by atoms with Crippen molar-refractivity contribution < 1.29 is 4.79 Å². The van der Waals surface area contributed by atoms with Crippen LogP contribution in [0.2, 0.25) is 0 Å². The molecule has 0 saturated carbocycles. The summed E-state index contributed by atoms with van der Waals surface area (Å²) in [5.74, 6) is 0.342. The fraction of sp³-hybridized carbons (Fsp3) is 0.650. The Balaban J connectivity index is 0.00000208. The Kier molecular flexibility index (Phi) is 6.33. The van der Waals surface area contributed by atoms with Gasteiger partial charge in [0.05, 0.1) is 5.41 Å². The first-order valence-electron chi connectivity index (χ1n) is 9.21. The molecule has 0 unspecified atom stereocenters. The molecule has 2 aliphatic rings. The molecule has 4 heteroatoms. The highest BCUT2D eigenvalue weighted by atomic mass is 35.5. The van der Waals surface area contributed by atoms with Crippen LogP contribution in [0.1, 0.15) is 51.5 Å².